The standard InChI is InChI=1S/C19H22N2O2/c1-2-20-19(23)21-11-5-8-17(13-21)18(22)16-10-9-14-6-3-4-7-15(14)12-16/h3-4,6-7,9-10,12,17H,2,5,8,11,13H2,1H3,(H,20,23). The van der Waals surface area contributed by atoms with Gasteiger partial charge in [-0.2, -0.15) is 0 Å². The second kappa shape index (κ2) is 6.82. The Balaban J connectivity index is 1.77. The monoisotopic (exact) mass is 310 g/mol. The van der Waals surface area contributed by atoms with Gasteiger partial charge in [0.25, 0.3) is 0 Å². The molecule has 1 aliphatic rings. The normalized spacial score (nSPS) is 18.0. The van der Waals surface area contributed by atoms with Gasteiger partial charge in [0.1, 0.15) is 0 Å². The van der Waals surface area contributed by atoms with E-state index < -0.39 is 0 Å². The molecule has 1 saturated heterocycles. The highest BCUT2D eigenvalue weighted by Crippen LogP contribution is 2.23. The van der Waals surface area contributed by atoms with Crippen LogP contribution in [0.2, 0.25) is 0 Å². The van der Waals surface area contributed by atoms with Gasteiger partial charge in [-0.05, 0) is 36.6 Å². The van der Waals surface area contributed by atoms with Gasteiger partial charge in [0, 0.05) is 31.1 Å². The number of hydrogen-bond acceptors (Lipinski definition) is 2. The molecule has 1 aliphatic heterocycles. The average Bonchev–Trinajstić information content (AvgIpc) is 2.61. The summed E-state index contributed by atoms with van der Waals surface area (Å²) in [6.07, 6.45) is 1.72. The molecule has 2 amide bonds. The summed E-state index contributed by atoms with van der Waals surface area (Å²) in [5.41, 5.74) is 0.742. The van der Waals surface area contributed by atoms with Crippen molar-refractivity contribution >= 4 is 22.6 Å². The van der Waals surface area contributed by atoms with Crippen LogP contribution in [0.1, 0.15) is 30.1 Å². The number of rotatable bonds is 3. The summed E-state index contributed by atoms with van der Waals surface area (Å²) in [6.45, 7) is 3.75. The fraction of sp³-hybridized carbons (Fsp3) is 0.368. The lowest BCUT2D eigenvalue weighted by molar-refractivity contribution is 0.0846. The van der Waals surface area contributed by atoms with E-state index in [2.05, 4.69) is 5.32 Å². The Morgan fingerprint density at radius 3 is 2.74 bits per heavy atom. The molecule has 120 valence electrons. The summed E-state index contributed by atoms with van der Waals surface area (Å²) >= 11 is 0. The second-order valence-corrected chi connectivity index (χ2v) is 6.05. The molecule has 1 heterocycles. The van der Waals surface area contributed by atoms with Gasteiger partial charge in [-0.25, -0.2) is 4.79 Å². The third kappa shape index (κ3) is 3.36. The molecule has 0 radical (unpaired) electrons. The maximum absolute atomic E-state index is 12.8. The van der Waals surface area contributed by atoms with E-state index in [0.29, 0.717) is 13.1 Å². The Morgan fingerprint density at radius 2 is 1.96 bits per heavy atom. The van der Waals surface area contributed by atoms with Gasteiger partial charge in [0.05, 0.1) is 0 Å². The van der Waals surface area contributed by atoms with Crippen LogP contribution in [-0.2, 0) is 0 Å². The molecule has 0 bridgehead atoms. The quantitative estimate of drug-likeness (QED) is 0.883. The number of Topliss-reactive ketones (excluding diaryl/α,β-unsaturated/α-hetero) is 1. The minimum Gasteiger partial charge on any atom is -0.338 e. The van der Waals surface area contributed by atoms with Crippen LogP contribution < -0.4 is 5.32 Å². The molecule has 1 fully saturated rings. The summed E-state index contributed by atoms with van der Waals surface area (Å²) < 4.78 is 0. The molecule has 4 nitrogen and oxygen atoms in total. The van der Waals surface area contributed by atoms with Gasteiger partial charge in [-0.15, -0.1) is 0 Å². The highest BCUT2D eigenvalue weighted by atomic mass is 16.2. The topological polar surface area (TPSA) is 49.4 Å². The Kier molecular flexibility index (Phi) is 4.60. The Bertz CT molecular complexity index is 726. The largest absolute Gasteiger partial charge is 0.338 e. The minimum absolute atomic E-state index is 0.0662. The number of nitrogens with zero attached hydrogens (tertiary/aromatic N) is 1. The summed E-state index contributed by atoms with van der Waals surface area (Å²) in [6, 6.07) is 13.8. The Morgan fingerprint density at radius 1 is 1.17 bits per heavy atom. The number of carbonyl (C=O) groups excluding carboxylic acids is 2. The van der Waals surface area contributed by atoms with Crippen LogP contribution in [0.3, 0.4) is 0 Å². The van der Waals surface area contributed by atoms with Crippen LogP contribution in [0.5, 0.6) is 0 Å². The summed E-state index contributed by atoms with van der Waals surface area (Å²) in [7, 11) is 0. The zero-order valence-electron chi connectivity index (χ0n) is 13.4. The van der Waals surface area contributed by atoms with Crippen LogP contribution in [0, 0.1) is 5.92 Å². The fourth-order valence-electron chi connectivity index (χ4n) is 3.22. The van der Waals surface area contributed by atoms with Gasteiger partial charge in [0.15, 0.2) is 5.78 Å². The van der Waals surface area contributed by atoms with Crippen molar-refractivity contribution in [1.29, 1.82) is 0 Å². The number of nitrogens with one attached hydrogen (secondary N) is 1. The summed E-state index contributed by atoms with van der Waals surface area (Å²) in [5, 5.41) is 5.03. The molecule has 1 atom stereocenters. The van der Waals surface area contributed by atoms with E-state index in [9.17, 15) is 9.59 Å². The first-order chi connectivity index (χ1) is 11.2. The molecule has 23 heavy (non-hydrogen) atoms. The zero-order valence-corrected chi connectivity index (χ0v) is 13.4. The van der Waals surface area contributed by atoms with Crippen LogP contribution >= 0.6 is 0 Å². The number of amides is 2. The van der Waals surface area contributed by atoms with Crippen molar-refractivity contribution < 1.29 is 9.59 Å². The molecule has 3 rings (SSSR count). The molecule has 0 aliphatic carbocycles. The molecule has 1 unspecified atom stereocenters. The summed E-state index contributed by atoms with van der Waals surface area (Å²) in [4.78, 5) is 26.6. The lowest BCUT2D eigenvalue weighted by atomic mass is 9.89. The van der Waals surface area contributed by atoms with Crippen LogP contribution in [0.4, 0.5) is 4.79 Å². The second-order valence-electron chi connectivity index (χ2n) is 6.05. The molecule has 2 aromatic carbocycles. The highest BCUT2D eigenvalue weighted by Gasteiger charge is 2.28. The van der Waals surface area contributed by atoms with Crippen molar-refractivity contribution in [2.45, 2.75) is 19.8 Å². The molecule has 1 N–H and O–H groups in total. The van der Waals surface area contributed by atoms with E-state index in [1.807, 2.05) is 49.4 Å². The van der Waals surface area contributed by atoms with Gasteiger partial charge >= 0.3 is 6.03 Å². The molecule has 0 aromatic heterocycles. The number of fused-ring (bicyclic) bond motifs is 1. The number of carbonyl (C=O) groups is 2. The highest BCUT2D eigenvalue weighted by molar-refractivity contribution is 6.01. The van der Waals surface area contributed by atoms with E-state index in [1.54, 1.807) is 4.90 Å². The number of hydrogen-bond donors (Lipinski definition) is 1. The Labute approximate surface area is 136 Å². The molecule has 0 spiro atoms. The van der Waals surface area contributed by atoms with Gasteiger partial charge in [-0.1, -0.05) is 36.4 Å². The molecular formula is C19H22N2O2. The lowest BCUT2D eigenvalue weighted by Crippen LogP contribution is -2.47. The molecule has 2 aromatic rings. The van der Waals surface area contributed by atoms with E-state index in [1.165, 1.54) is 0 Å². The first kappa shape index (κ1) is 15.5. The molecular weight excluding hydrogens is 288 g/mol. The van der Waals surface area contributed by atoms with Crippen molar-refractivity contribution in [1.82, 2.24) is 10.2 Å². The van der Waals surface area contributed by atoms with Gasteiger partial charge < -0.3 is 10.2 Å². The summed E-state index contributed by atoms with van der Waals surface area (Å²) in [5.74, 6) is 0.0391. The minimum atomic E-state index is -0.104. The first-order valence-corrected chi connectivity index (χ1v) is 8.25. The van der Waals surface area contributed by atoms with Crippen molar-refractivity contribution in [2.75, 3.05) is 19.6 Å². The van der Waals surface area contributed by atoms with Crippen LogP contribution in [-0.4, -0.2) is 36.3 Å². The van der Waals surface area contributed by atoms with Crippen molar-refractivity contribution in [3.05, 3.63) is 48.0 Å². The van der Waals surface area contributed by atoms with Crippen molar-refractivity contribution in [2.24, 2.45) is 5.92 Å². The third-order valence-electron chi connectivity index (χ3n) is 4.44. The molecule has 4 heteroatoms. The smallest absolute Gasteiger partial charge is 0.317 e. The molecule has 0 saturated carbocycles. The predicted octanol–water partition coefficient (Wildman–Crippen LogP) is 3.46. The third-order valence-corrected chi connectivity index (χ3v) is 4.44. The number of likely N-dealkylation sites (tertiary alicyclic amines) is 1. The van der Waals surface area contributed by atoms with Crippen LogP contribution in [0.15, 0.2) is 42.5 Å². The van der Waals surface area contributed by atoms with E-state index >= 15 is 0 Å². The average molecular weight is 310 g/mol. The number of ketones is 1. The predicted molar refractivity (Wildman–Crippen MR) is 91.6 cm³/mol. The zero-order chi connectivity index (χ0) is 16.2. The van der Waals surface area contributed by atoms with Crippen molar-refractivity contribution in [3.8, 4) is 0 Å². The van der Waals surface area contributed by atoms with Crippen molar-refractivity contribution in [3.63, 3.8) is 0 Å². The van der Waals surface area contributed by atoms with Gasteiger partial charge in [0.2, 0.25) is 0 Å². The Hall–Kier alpha value is -2.36. The number of benzene rings is 2. The van der Waals surface area contributed by atoms with E-state index in [-0.39, 0.29) is 17.7 Å². The lowest BCUT2D eigenvalue weighted by Gasteiger charge is -2.32. The fourth-order valence-corrected chi connectivity index (χ4v) is 3.22. The number of piperidine rings is 1. The van der Waals surface area contributed by atoms with Gasteiger partial charge in [-0.3, -0.25) is 4.79 Å². The maximum Gasteiger partial charge on any atom is 0.317 e. The first-order valence-electron chi connectivity index (χ1n) is 8.25. The number of urea groups is 1. The van der Waals surface area contributed by atoms with E-state index in [0.717, 1.165) is 35.7 Å². The van der Waals surface area contributed by atoms with Crippen LogP contribution in [0.25, 0.3) is 10.8 Å². The van der Waals surface area contributed by atoms with E-state index in [4.69, 9.17) is 0 Å². The SMILES string of the molecule is CCNC(=O)N1CCCC(C(=O)c2ccc3ccccc3c2)C1. The maximum atomic E-state index is 12.8.